The number of allylic oxidation sites excluding steroid dienone is 1. The number of hydrogen-bond donors (Lipinski definition) is 4. The van der Waals surface area contributed by atoms with E-state index in [-0.39, 0.29) is 19.4 Å². The highest BCUT2D eigenvalue weighted by atomic mass is 32.2. The van der Waals surface area contributed by atoms with Gasteiger partial charge >= 0.3 is 0 Å². The minimum atomic E-state index is -4.00. The van der Waals surface area contributed by atoms with E-state index in [0.29, 0.717) is 79.8 Å². The van der Waals surface area contributed by atoms with Crippen molar-refractivity contribution in [1.82, 2.24) is 35.4 Å². The predicted molar refractivity (Wildman–Crippen MR) is 215 cm³/mol. The molecule has 0 radical (unpaired) electrons. The first-order valence-electron chi connectivity index (χ1n) is 20.5. The van der Waals surface area contributed by atoms with Gasteiger partial charge in [-0.1, -0.05) is 31.9 Å². The Balaban J connectivity index is 1.16. The van der Waals surface area contributed by atoms with Gasteiger partial charge in [0.25, 0.3) is 11.8 Å². The number of benzene rings is 1. The first-order chi connectivity index (χ1) is 27.6. The summed E-state index contributed by atoms with van der Waals surface area (Å²) in [5.74, 6) is -1.35. The lowest BCUT2D eigenvalue weighted by Crippen LogP contribution is -2.58. The van der Waals surface area contributed by atoms with Gasteiger partial charge in [0.15, 0.2) is 0 Å². The zero-order valence-electron chi connectivity index (χ0n) is 33.8. The zero-order chi connectivity index (χ0) is 41.2. The fourth-order valence-electron chi connectivity index (χ4n) is 9.06. The van der Waals surface area contributed by atoms with Crippen LogP contribution in [-0.4, -0.2) is 93.8 Å². The van der Waals surface area contributed by atoms with Gasteiger partial charge in [-0.05, 0) is 96.8 Å². The van der Waals surface area contributed by atoms with Crippen LogP contribution in [0.2, 0.25) is 0 Å². The van der Waals surface area contributed by atoms with Gasteiger partial charge in [-0.3, -0.25) is 29.0 Å². The van der Waals surface area contributed by atoms with Crippen LogP contribution in [0.25, 0.3) is 10.9 Å². The number of carbonyl (C=O) groups is 4. The van der Waals surface area contributed by atoms with Crippen molar-refractivity contribution in [2.75, 3.05) is 13.7 Å². The monoisotopic (exact) mass is 815 g/mol. The first-order valence-corrected chi connectivity index (χ1v) is 22.0. The number of rotatable bonds is 7. The summed E-state index contributed by atoms with van der Waals surface area (Å²) in [6.07, 6.45) is 9.98. The molecule has 58 heavy (non-hydrogen) atoms. The third-order valence-electron chi connectivity index (χ3n) is 13.1. The maximum absolute atomic E-state index is 15.0. The summed E-state index contributed by atoms with van der Waals surface area (Å²) in [7, 11) is -2.38. The van der Waals surface area contributed by atoms with Crippen LogP contribution in [0.3, 0.4) is 0 Å². The van der Waals surface area contributed by atoms with Crippen molar-refractivity contribution in [2.24, 2.45) is 5.92 Å². The zero-order valence-corrected chi connectivity index (χ0v) is 34.6. The summed E-state index contributed by atoms with van der Waals surface area (Å²) >= 11 is 0. The van der Waals surface area contributed by atoms with E-state index in [1.54, 1.807) is 27.9 Å². The molecule has 4 amide bonds. The largest absolute Gasteiger partial charge is 0.497 e. The Hall–Kier alpha value is -4.99. The number of methoxy groups -OCH3 is 1. The molecule has 3 fully saturated rings. The molecular weight excluding hydrogens is 763 g/mol. The van der Waals surface area contributed by atoms with Crippen molar-refractivity contribution >= 4 is 44.6 Å². The van der Waals surface area contributed by atoms with Gasteiger partial charge in [0.2, 0.25) is 21.8 Å². The number of hydrogen-bond acceptors (Lipinski definition) is 10. The number of nitrogens with zero attached hydrogens (tertiary/aromatic N) is 3. The SMILES string of the molecule is CCc1nc2ccc(OC)cc2c2c1OC1(CC2)CC2C(=O)NC3(C(=O)NS(=O)(=O)C4(C)CC4)CC3C=CCCCCCC(NC(=O)c3c(C)n[nH]c3C)C(=O)N2C1. The Kier molecular flexibility index (Phi) is 10.1. The Labute approximate surface area is 338 Å². The predicted octanol–water partition coefficient (Wildman–Crippen LogP) is 4.00. The lowest BCUT2D eigenvalue weighted by molar-refractivity contribution is -0.141. The second-order valence-electron chi connectivity index (χ2n) is 17.1. The molecule has 8 rings (SSSR count). The molecule has 16 heteroatoms. The van der Waals surface area contributed by atoms with Gasteiger partial charge in [0.05, 0.1) is 40.9 Å². The van der Waals surface area contributed by atoms with E-state index >= 15 is 0 Å². The average molecular weight is 816 g/mol. The number of aromatic amines is 1. The highest BCUT2D eigenvalue weighted by Gasteiger charge is 2.64. The molecule has 5 unspecified atom stereocenters. The number of nitrogens with one attached hydrogen (secondary N) is 4. The van der Waals surface area contributed by atoms with Gasteiger partial charge in [-0.15, -0.1) is 0 Å². The Morgan fingerprint density at radius 3 is 2.60 bits per heavy atom. The van der Waals surface area contributed by atoms with Crippen molar-refractivity contribution < 1.29 is 37.1 Å². The summed E-state index contributed by atoms with van der Waals surface area (Å²) in [6, 6.07) is 3.68. The molecular formula is C42H53N7O8S. The van der Waals surface area contributed by atoms with Gasteiger partial charge in [0.1, 0.15) is 34.7 Å². The lowest BCUT2D eigenvalue weighted by Gasteiger charge is -2.37. The molecule has 5 atom stereocenters. The lowest BCUT2D eigenvalue weighted by atomic mass is 9.87. The Morgan fingerprint density at radius 1 is 1.10 bits per heavy atom. The van der Waals surface area contributed by atoms with Crippen molar-refractivity contribution in [1.29, 1.82) is 0 Å². The molecule has 5 heterocycles. The number of H-pyrrole nitrogens is 1. The number of ether oxygens (including phenoxy) is 2. The van der Waals surface area contributed by atoms with E-state index in [2.05, 4.69) is 25.6 Å². The maximum Gasteiger partial charge on any atom is 0.259 e. The Morgan fingerprint density at radius 2 is 1.90 bits per heavy atom. The highest BCUT2D eigenvalue weighted by molar-refractivity contribution is 7.91. The van der Waals surface area contributed by atoms with E-state index in [4.69, 9.17) is 14.5 Å². The second-order valence-corrected chi connectivity index (χ2v) is 19.3. The number of aryl methyl sites for hydroxylation is 4. The summed E-state index contributed by atoms with van der Waals surface area (Å²) < 4.78 is 40.4. The minimum absolute atomic E-state index is 0.0497. The molecule has 15 nitrogen and oxygen atoms in total. The van der Waals surface area contributed by atoms with Crippen LogP contribution in [0.4, 0.5) is 0 Å². The summed E-state index contributed by atoms with van der Waals surface area (Å²) in [6.45, 7) is 7.12. The molecule has 2 saturated carbocycles. The summed E-state index contributed by atoms with van der Waals surface area (Å²) in [5, 5.41) is 13.9. The molecule has 3 aliphatic heterocycles. The maximum atomic E-state index is 15.0. The van der Waals surface area contributed by atoms with Gasteiger partial charge in [0, 0.05) is 29.0 Å². The molecule has 3 aromatic rings. The van der Waals surface area contributed by atoms with Crippen LogP contribution in [0, 0.1) is 19.8 Å². The van der Waals surface area contributed by atoms with Crippen molar-refractivity contribution in [3.05, 3.63) is 58.6 Å². The summed E-state index contributed by atoms with van der Waals surface area (Å²) in [4.78, 5) is 64.1. The molecule has 1 aromatic carbocycles. The van der Waals surface area contributed by atoms with Crippen LogP contribution >= 0.6 is 0 Å². The van der Waals surface area contributed by atoms with Crippen molar-refractivity contribution in [2.45, 2.75) is 133 Å². The molecule has 2 aromatic heterocycles. The standard InChI is InChI=1S/C42H53N7O8S/c1-6-30-35-28(29-20-27(56-5)14-15-31(29)43-30)16-17-41(57-35)22-33-36(50)45-42(39(53)48-58(54,55)40(4)18-19-40)21-26(42)12-10-8-7-9-11-13-32(38(52)49(33)23-41)44-37(51)34-24(2)46-47-25(34)3/h10,12,14-15,20,26,32-33H,6-9,11,13,16-19,21-23H2,1-5H3,(H,44,51)(H,45,50)(H,46,47)(H,48,53). The van der Waals surface area contributed by atoms with E-state index in [1.807, 2.05) is 37.3 Å². The molecule has 2 aliphatic carbocycles. The second kappa shape index (κ2) is 14.7. The number of aromatic nitrogens is 3. The normalized spacial score (nSPS) is 27.9. The topological polar surface area (TPSA) is 202 Å². The van der Waals surface area contributed by atoms with Crippen LogP contribution in [0.5, 0.6) is 11.5 Å². The third kappa shape index (κ3) is 7.00. The molecule has 4 N–H and O–H groups in total. The third-order valence-corrected chi connectivity index (χ3v) is 15.2. The van der Waals surface area contributed by atoms with Crippen LogP contribution in [0.15, 0.2) is 30.4 Å². The van der Waals surface area contributed by atoms with E-state index in [9.17, 15) is 27.6 Å². The highest BCUT2D eigenvalue weighted by Crippen LogP contribution is 2.49. The summed E-state index contributed by atoms with van der Waals surface area (Å²) in [5.41, 5.74) is 1.49. The van der Waals surface area contributed by atoms with Crippen molar-refractivity contribution in [3.8, 4) is 11.5 Å². The van der Waals surface area contributed by atoms with Crippen LogP contribution < -0.4 is 24.8 Å². The molecule has 310 valence electrons. The van der Waals surface area contributed by atoms with Crippen molar-refractivity contribution in [3.63, 3.8) is 0 Å². The molecule has 1 saturated heterocycles. The van der Waals surface area contributed by atoms with Crippen LogP contribution in [0.1, 0.15) is 111 Å². The average Bonchev–Trinajstić information content (AvgIpc) is 4.05. The van der Waals surface area contributed by atoms with Gasteiger partial charge < -0.3 is 25.0 Å². The number of pyridine rings is 1. The fraction of sp³-hybridized carbons (Fsp3) is 0.571. The number of amides is 4. The van der Waals surface area contributed by atoms with Gasteiger partial charge in [-0.2, -0.15) is 5.10 Å². The number of fused-ring (bicyclic) bond motifs is 5. The molecule has 5 aliphatic rings. The van der Waals surface area contributed by atoms with E-state index in [1.165, 1.54) is 4.90 Å². The van der Waals surface area contributed by atoms with Crippen LogP contribution in [-0.2, 0) is 37.2 Å². The first kappa shape index (κ1) is 39.8. The number of carbonyl (C=O) groups excluding carboxylic acids is 4. The van der Waals surface area contributed by atoms with Gasteiger partial charge in [-0.25, -0.2) is 13.4 Å². The quantitative estimate of drug-likeness (QED) is 0.253. The molecule has 0 bridgehead atoms. The number of sulfonamides is 1. The smallest absolute Gasteiger partial charge is 0.259 e. The fourth-order valence-corrected chi connectivity index (χ4v) is 10.4. The Bertz CT molecular complexity index is 2320. The van der Waals surface area contributed by atoms with E-state index in [0.717, 1.165) is 35.0 Å². The van der Waals surface area contributed by atoms with E-state index < -0.39 is 67.5 Å². The molecule has 1 spiro atoms. The minimum Gasteiger partial charge on any atom is -0.497 e.